The molecule has 2 aromatic heterocycles. The van der Waals surface area contributed by atoms with Crippen LogP contribution in [0.25, 0.3) is 11.0 Å². The van der Waals surface area contributed by atoms with Crippen molar-refractivity contribution in [2.45, 2.75) is 50.1 Å². The average Bonchev–Trinajstić information content (AvgIpc) is 3.23. The lowest BCUT2D eigenvalue weighted by atomic mass is 9.96. The first-order valence-electron chi connectivity index (χ1n) is 11.6. The number of benzene rings is 1. The number of morpholine rings is 1. The molecule has 8 nitrogen and oxygen atoms in total. The van der Waals surface area contributed by atoms with Gasteiger partial charge >= 0.3 is 0 Å². The molecule has 1 aliphatic heterocycles. The number of carbonyl (C=O) groups is 1. The molecule has 1 unspecified atom stereocenters. The molecule has 3 heterocycles. The van der Waals surface area contributed by atoms with Crippen molar-refractivity contribution in [3.05, 3.63) is 42.1 Å². The molecule has 176 valence electrons. The monoisotopic (exact) mass is 468 g/mol. The van der Waals surface area contributed by atoms with Gasteiger partial charge in [-0.1, -0.05) is 62.9 Å². The van der Waals surface area contributed by atoms with Gasteiger partial charge in [-0.2, -0.15) is 5.10 Å². The normalized spacial score (nSPS) is 15.2. The summed E-state index contributed by atoms with van der Waals surface area (Å²) in [7, 11) is 0. The van der Waals surface area contributed by atoms with Gasteiger partial charge in [0.15, 0.2) is 10.8 Å². The zero-order chi connectivity index (χ0) is 23.2. The Hall–Kier alpha value is -2.65. The highest BCUT2D eigenvalue weighted by atomic mass is 32.2. The van der Waals surface area contributed by atoms with Crippen molar-refractivity contribution in [2.24, 2.45) is 0 Å². The minimum absolute atomic E-state index is 0.0415. The molecule has 0 bridgehead atoms. The first-order valence-corrected chi connectivity index (χ1v) is 12.5. The molecule has 0 saturated carbocycles. The molecule has 0 spiro atoms. The van der Waals surface area contributed by atoms with Crippen molar-refractivity contribution >= 4 is 34.5 Å². The van der Waals surface area contributed by atoms with Crippen LogP contribution >= 0.6 is 11.8 Å². The highest BCUT2D eigenvalue weighted by molar-refractivity contribution is 7.99. The number of thioether (sulfide) groups is 1. The lowest BCUT2D eigenvalue weighted by molar-refractivity contribution is -0.122. The predicted molar refractivity (Wildman–Crippen MR) is 132 cm³/mol. The van der Waals surface area contributed by atoms with Crippen LogP contribution in [-0.2, 0) is 16.1 Å². The van der Waals surface area contributed by atoms with Gasteiger partial charge in [0.25, 0.3) is 0 Å². The number of rotatable bonds is 9. The van der Waals surface area contributed by atoms with Crippen LogP contribution < -0.4 is 10.2 Å². The Morgan fingerprint density at radius 1 is 1.18 bits per heavy atom. The van der Waals surface area contributed by atoms with Gasteiger partial charge in [0.05, 0.1) is 37.3 Å². The summed E-state index contributed by atoms with van der Waals surface area (Å²) in [6.45, 7) is 10.3. The van der Waals surface area contributed by atoms with E-state index in [1.807, 2.05) is 48.1 Å². The third-order valence-corrected chi connectivity index (χ3v) is 6.52. The highest BCUT2D eigenvalue weighted by Gasteiger charge is 2.21. The fourth-order valence-corrected chi connectivity index (χ4v) is 4.73. The smallest absolute Gasteiger partial charge is 0.227 e. The van der Waals surface area contributed by atoms with Gasteiger partial charge < -0.3 is 15.0 Å². The number of carbonyl (C=O) groups excluding carboxylic acids is 1. The molecule has 33 heavy (non-hydrogen) atoms. The summed E-state index contributed by atoms with van der Waals surface area (Å²) in [4.78, 5) is 24.7. The van der Waals surface area contributed by atoms with E-state index in [1.54, 1.807) is 11.8 Å². The standard InChI is InChI=1S/C24H32N6O2S/c1-4-19(18-8-6-5-7-9-18)23(31)25-10-11-30-22-20(16-26-30)21(29-12-14-32-15-13-29)27-24(28-22)33-17(2)3/h5-9,16-17,19H,4,10-15H2,1-3H3,(H,25,31). The summed E-state index contributed by atoms with van der Waals surface area (Å²) in [5.41, 5.74) is 1.85. The van der Waals surface area contributed by atoms with Crippen LogP contribution in [0.15, 0.2) is 41.7 Å². The Morgan fingerprint density at radius 3 is 2.64 bits per heavy atom. The first-order chi connectivity index (χ1) is 16.1. The van der Waals surface area contributed by atoms with E-state index >= 15 is 0 Å². The van der Waals surface area contributed by atoms with Gasteiger partial charge in [-0.15, -0.1) is 0 Å². The zero-order valence-electron chi connectivity index (χ0n) is 19.5. The largest absolute Gasteiger partial charge is 0.378 e. The number of hydrogen-bond donors (Lipinski definition) is 1. The summed E-state index contributed by atoms with van der Waals surface area (Å²) in [5.74, 6) is 0.807. The van der Waals surface area contributed by atoms with E-state index in [1.165, 1.54) is 0 Å². The summed E-state index contributed by atoms with van der Waals surface area (Å²) in [5, 5.41) is 9.73. The van der Waals surface area contributed by atoms with Crippen molar-refractivity contribution < 1.29 is 9.53 Å². The Labute approximate surface area is 199 Å². The summed E-state index contributed by atoms with van der Waals surface area (Å²) < 4.78 is 7.39. The second-order valence-electron chi connectivity index (χ2n) is 8.36. The number of hydrogen-bond acceptors (Lipinski definition) is 7. The molecule has 1 saturated heterocycles. The minimum Gasteiger partial charge on any atom is -0.378 e. The second kappa shape index (κ2) is 11.0. The Morgan fingerprint density at radius 2 is 1.94 bits per heavy atom. The topological polar surface area (TPSA) is 85.2 Å². The lowest BCUT2D eigenvalue weighted by Gasteiger charge is -2.28. The molecule has 1 atom stereocenters. The lowest BCUT2D eigenvalue weighted by Crippen LogP contribution is -2.37. The molecule has 1 aromatic carbocycles. The van der Waals surface area contributed by atoms with E-state index in [2.05, 4.69) is 29.2 Å². The third-order valence-electron chi connectivity index (χ3n) is 5.66. The molecule has 0 radical (unpaired) electrons. The second-order valence-corrected chi connectivity index (χ2v) is 9.91. The molecule has 0 aliphatic carbocycles. The SMILES string of the molecule is CCC(C(=O)NCCn1ncc2c(N3CCOCC3)nc(SC(C)C)nc21)c1ccccc1. The Balaban J connectivity index is 1.51. The quantitative estimate of drug-likeness (QED) is 0.380. The average molecular weight is 469 g/mol. The van der Waals surface area contributed by atoms with Crippen molar-refractivity contribution in [1.82, 2.24) is 25.1 Å². The predicted octanol–water partition coefficient (Wildman–Crippen LogP) is 3.47. The van der Waals surface area contributed by atoms with Gasteiger partial charge in [-0.25, -0.2) is 14.6 Å². The molecule has 1 amide bonds. The number of nitrogens with zero attached hydrogens (tertiary/aromatic N) is 5. The molecule has 1 aliphatic rings. The molecule has 4 rings (SSSR count). The van der Waals surface area contributed by atoms with E-state index in [-0.39, 0.29) is 11.8 Å². The van der Waals surface area contributed by atoms with E-state index < -0.39 is 0 Å². The fourth-order valence-electron chi connectivity index (χ4n) is 4.03. The van der Waals surface area contributed by atoms with Gasteiger partial charge in [-0.3, -0.25) is 4.79 Å². The van der Waals surface area contributed by atoms with E-state index in [4.69, 9.17) is 14.7 Å². The molecule has 3 aromatic rings. The summed E-state index contributed by atoms with van der Waals surface area (Å²) >= 11 is 1.65. The Bertz CT molecular complexity index is 1070. The van der Waals surface area contributed by atoms with Gasteiger partial charge in [-0.05, 0) is 12.0 Å². The van der Waals surface area contributed by atoms with Crippen LogP contribution in [0.2, 0.25) is 0 Å². The third kappa shape index (κ3) is 5.65. The van der Waals surface area contributed by atoms with Crippen molar-refractivity contribution in [3.63, 3.8) is 0 Å². The van der Waals surface area contributed by atoms with Gasteiger partial charge in [0.1, 0.15) is 5.82 Å². The van der Waals surface area contributed by atoms with Crippen LogP contribution in [0.4, 0.5) is 5.82 Å². The van der Waals surface area contributed by atoms with Crippen molar-refractivity contribution in [2.75, 3.05) is 37.7 Å². The maximum Gasteiger partial charge on any atom is 0.227 e. The number of amides is 1. The van der Waals surface area contributed by atoms with Crippen molar-refractivity contribution in [3.8, 4) is 0 Å². The Kier molecular flexibility index (Phi) is 7.82. The zero-order valence-corrected chi connectivity index (χ0v) is 20.3. The maximum atomic E-state index is 12.8. The van der Waals surface area contributed by atoms with Crippen molar-refractivity contribution in [1.29, 1.82) is 0 Å². The minimum atomic E-state index is -0.148. The molecule has 1 N–H and O–H groups in total. The number of aromatic nitrogens is 4. The van der Waals surface area contributed by atoms with E-state index in [0.717, 1.165) is 47.1 Å². The number of anilines is 1. The molecular weight excluding hydrogens is 436 g/mol. The molecule has 1 fully saturated rings. The number of nitrogens with one attached hydrogen (secondary N) is 1. The van der Waals surface area contributed by atoms with Crippen LogP contribution in [0, 0.1) is 0 Å². The summed E-state index contributed by atoms with van der Waals surface area (Å²) in [6, 6.07) is 9.93. The van der Waals surface area contributed by atoms with Crippen LogP contribution in [-0.4, -0.2) is 63.8 Å². The van der Waals surface area contributed by atoms with E-state index in [0.29, 0.717) is 31.6 Å². The maximum absolute atomic E-state index is 12.8. The van der Waals surface area contributed by atoms with Gasteiger partial charge in [0.2, 0.25) is 5.91 Å². The highest BCUT2D eigenvalue weighted by Crippen LogP contribution is 2.29. The fraction of sp³-hybridized carbons (Fsp3) is 0.500. The summed E-state index contributed by atoms with van der Waals surface area (Å²) in [6.07, 6.45) is 2.59. The van der Waals surface area contributed by atoms with Crippen LogP contribution in [0.5, 0.6) is 0 Å². The first kappa shape index (κ1) is 23.5. The van der Waals surface area contributed by atoms with Crippen LogP contribution in [0.3, 0.4) is 0 Å². The van der Waals surface area contributed by atoms with E-state index in [9.17, 15) is 4.79 Å². The van der Waals surface area contributed by atoms with Gasteiger partial charge in [0, 0.05) is 24.9 Å². The molecular formula is C24H32N6O2S. The van der Waals surface area contributed by atoms with Crippen LogP contribution in [0.1, 0.15) is 38.7 Å². The number of ether oxygens (including phenoxy) is 1. The molecule has 9 heteroatoms. The number of fused-ring (bicyclic) bond motifs is 1.